The van der Waals surface area contributed by atoms with Crippen molar-refractivity contribution in [3.63, 3.8) is 0 Å². The molecule has 122 valence electrons. The molecule has 0 aromatic heterocycles. The van der Waals surface area contributed by atoms with E-state index in [1.54, 1.807) is 37.3 Å². The first-order valence-corrected chi connectivity index (χ1v) is 7.30. The molecule has 0 radical (unpaired) electrons. The highest BCUT2D eigenvalue weighted by molar-refractivity contribution is 5.91. The van der Waals surface area contributed by atoms with Gasteiger partial charge in [-0.05, 0) is 37.6 Å². The van der Waals surface area contributed by atoms with Gasteiger partial charge in [-0.25, -0.2) is 9.18 Å². The summed E-state index contributed by atoms with van der Waals surface area (Å²) < 4.78 is 19.7. The van der Waals surface area contributed by atoms with Crippen LogP contribution in [0.15, 0.2) is 48.5 Å². The Kier molecular flexibility index (Phi) is 5.94. The Labute approximate surface area is 134 Å². The van der Waals surface area contributed by atoms with Crippen molar-refractivity contribution in [2.24, 2.45) is 0 Å². The van der Waals surface area contributed by atoms with Gasteiger partial charge in [-0.1, -0.05) is 24.3 Å². The molecule has 2 rings (SSSR count). The van der Waals surface area contributed by atoms with Crippen molar-refractivity contribution in [3.8, 4) is 11.5 Å². The molecule has 0 bridgehead atoms. The molecule has 0 unspecified atom stereocenters. The van der Waals surface area contributed by atoms with E-state index in [0.717, 1.165) is 0 Å². The Morgan fingerprint density at radius 3 is 2.65 bits per heavy atom. The van der Waals surface area contributed by atoms with Crippen LogP contribution < -0.4 is 15.4 Å². The molecule has 0 aliphatic carbocycles. The van der Waals surface area contributed by atoms with E-state index in [1.165, 1.54) is 12.1 Å². The zero-order valence-electron chi connectivity index (χ0n) is 12.8. The number of aliphatic hydroxyl groups is 1. The number of nitrogens with one attached hydrogen (secondary N) is 2. The SMILES string of the molecule is C[C@H](CCO)NC(=O)Nc1c(F)cccc1Oc1ccccc1. The number of carbonyl (C=O) groups excluding carboxylic acids is 1. The Morgan fingerprint density at radius 1 is 1.22 bits per heavy atom. The highest BCUT2D eigenvalue weighted by atomic mass is 19.1. The lowest BCUT2D eigenvalue weighted by molar-refractivity contribution is 0.241. The van der Waals surface area contributed by atoms with Gasteiger partial charge in [0.2, 0.25) is 0 Å². The van der Waals surface area contributed by atoms with Gasteiger partial charge in [-0.2, -0.15) is 0 Å². The number of anilines is 1. The van der Waals surface area contributed by atoms with E-state index in [2.05, 4.69) is 10.6 Å². The van der Waals surface area contributed by atoms with Crippen LogP contribution in [0.4, 0.5) is 14.9 Å². The average Bonchev–Trinajstić information content (AvgIpc) is 2.52. The van der Waals surface area contributed by atoms with Gasteiger partial charge >= 0.3 is 6.03 Å². The number of urea groups is 1. The maximum Gasteiger partial charge on any atom is 0.319 e. The quantitative estimate of drug-likeness (QED) is 0.763. The Bertz CT molecular complexity index is 650. The number of rotatable bonds is 6. The van der Waals surface area contributed by atoms with Crippen LogP contribution in [-0.2, 0) is 0 Å². The van der Waals surface area contributed by atoms with Gasteiger partial charge in [0.25, 0.3) is 0 Å². The summed E-state index contributed by atoms with van der Waals surface area (Å²) in [4.78, 5) is 11.9. The molecule has 5 nitrogen and oxygen atoms in total. The molecule has 0 aliphatic rings. The largest absolute Gasteiger partial charge is 0.455 e. The third-order valence-electron chi connectivity index (χ3n) is 3.12. The van der Waals surface area contributed by atoms with Gasteiger partial charge in [-0.15, -0.1) is 0 Å². The lowest BCUT2D eigenvalue weighted by Gasteiger charge is -2.16. The number of benzene rings is 2. The fraction of sp³-hybridized carbons (Fsp3) is 0.235. The maximum atomic E-state index is 14.0. The summed E-state index contributed by atoms with van der Waals surface area (Å²) in [5.74, 6) is 0.153. The van der Waals surface area contributed by atoms with Crippen molar-refractivity contribution in [2.75, 3.05) is 11.9 Å². The lowest BCUT2D eigenvalue weighted by atomic mass is 10.2. The van der Waals surface area contributed by atoms with E-state index >= 15 is 0 Å². The van der Waals surface area contributed by atoms with Crippen molar-refractivity contribution in [2.45, 2.75) is 19.4 Å². The highest BCUT2D eigenvalue weighted by Gasteiger charge is 2.15. The predicted octanol–water partition coefficient (Wildman–Crippen LogP) is 3.51. The minimum Gasteiger partial charge on any atom is -0.455 e. The summed E-state index contributed by atoms with van der Waals surface area (Å²) in [7, 11) is 0. The molecule has 1 atom stereocenters. The first kappa shape index (κ1) is 16.8. The molecule has 0 aliphatic heterocycles. The van der Waals surface area contributed by atoms with Gasteiger partial charge in [0.15, 0.2) is 11.6 Å². The highest BCUT2D eigenvalue weighted by Crippen LogP contribution is 2.31. The standard InChI is InChI=1S/C17H19FN2O3/c1-12(10-11-21)19-17(22)20-16-14(18)8-5-9-15(16)23-13-6-3-2-4-7-13/h2-9,12,21H,10-11H2,1H3,(H2,19,20,22)/t12-/m1/s1. The van der Waals surface area contributed by atoms with Crippen molar-refractivity contribution in [3.05, 3.63) is 54.3 Å². The second kappa shape index (κ2) is 8.14. The first-order chi connectivity index (χ1) is 11.1. The van der Waals surface area contributed by atoms with Gasteiger partial charge in [-0.3, -0.25) is 0 Å². The Hall–Kier alpha value is -2.60. The van der Waals surface area contributed by atoms with Crippen molar-refractivity contribution in [1.82, 2.24) is 5.32 Å². The smallest absolute Gasteiger partial charge is 0.319 e. The van der Waals surface area contributed by atoms with E-state index in [0.29, 0.717) is 12.2 Å². The molecule has 23 heavy (non-hydrogen) atoms. The van der Waals surface area contributed by atoms with Crippen LogP contribution in [0.25, 0.3) is 0 Å². The summed E-state index contributed by atoms with van der Waals surface area (Å²) in [6.07, 6.45) is 0.415. The molecular weight excluding hydrogens is 299 g/mol. The molecule has 0 saturated heterocycles. The summed E-state index contributed by atoms with van der Waals surface area (Å²) in [5.41, 5.74) is -0.0370. The van der Waals surface area contributed by atoms with Crippen LogP contribution in [0.2, 0.25) is 0 Å². The molecule has 6 heteroatoms. The summed E-state index contributed by atoms with van der Waals surface area (Å²) in [6.45, 7) is 1.71. The second-order valence-electron chi connectivity index (χ2n) is 5.04. The molecule has 3 N–H and O–H groups in total. The first-order valence-electron chi connectivity index (χ1n) is 7.30. The number of para-hydroxylation sites is 2. The fourth-order valence-electron chi connectivity index (χ4n) is 1.97. The number of ether oxygens (including phenoxy) is 1. The normalized spacial score (nSPS) is 11.6. The Morgan fingerprint density at radius 2 is 1.96 bits per heavy atom. The predicted molar refractivity (Wildman–Crippen MR) is 86.2 cm³/mol. The van der Waals surface area contributed by atoms with E-state index < -0.39 is 11.8 Å². The molecule has 0 spiro atoms. The minimum absolute atomic E-state index is 0.0370. The van der Waals surface area contributed by atoms with Crippen LogP contribution in [0.3, 0.4) is 0 Å². The van der Waals surface area contributed by atoms with Crippen LogP contribution >= 0.6 is 0 Å². The van der Waals surface area contributed by atoms with Crippen molar-refractivity contribution >= 4 is 11.7 Å². The molecule has 2 amide bonds. The zero-order chi connectivity index (χ0) is 16.7. The topological polar surface area (TPSA) is 70.6 Å². The molecule has 0 fully saturated rings. The zero-order valence-corrected chi connectivity index (χ0v) is 12.8. The molecule has 2 aromatic carbocycles. The summed E-state index contributed by atoms with van der Waals surface area (Å²) >= 11 is 0. The number of hydrogen-bond donors (Lipinski definition) is 3. The minimum atomic E-state index is -0.594. The second-order valence-corrected chi connectivity index (χ2v) is 5.04. The maximum absolute atomic E-state index is 14.0. The van der Waals surface area contributed by atoms with Crippen LogP contribution in [0.5, 0.6) is 11.5 Å². The van der Waals surface area contributed by atoms with E-state index in [1.807, 2.05) is 6.07 Å². The molecule has 2 aromatic rings. The lowest BCUT2D eigenvalue weighted by Crippen LogP contribution is -2.36. The number of amides is 2. The van der Waals surface area contributed by atoms with E-state index in [-0.39, 0.29) is 24.1 Å². The van der Waals surface area contributed by atoms with Gasteiger partial charge in [0.05, 0.1) is 0 Å². The van der Waals surface area contributed by atoms with Crippen LogP contribution in [-0.4, -0.2) is 23.8 Å². The van der Waals surface area contributed by atoms with Gasteiger partial charge in [0.1, 0.15) is 11.4 Å². The Balaban J connectivity index is 2.13. The average molecular weight is 318 g/mol. The van der Waals surface area contributed by atoms with Crippen LogP contribution in [0, 0.1) is 5.82 Å². The number of carbonyl (C=O) groups is 1. The summed E-state index contributed by atoms with van der Waals surface area (Å²) in [6, 6.07) is 12.4. The van der Waals surface area contributed by atoms with Gasteiger partial charge < -0.3 is 20.5 Å². The number of halogens is 1. The summed E-state index contributed by atoms with van der Waals surface area (Å²) in [5, 5.41) is 13.9. The van der Waals surface area contributed by atoms with Crippen molar-refractivity contribution in [1.29, 1.82) is 0 Å². The monoisotopic (exact) mass is 318 g/mol. The van der Waals surface area contributed by atoms with Gasteiger partial charge in [0, 0.05) is 12.6 Å². The fourth-order valence-corrected chi connectivity index (χ4v) is 1.97. The van der Waals surface area contributed by atoms with E-state index in [4.69, 9.17) is 9.84 Å². The molecular formula is C17H19FN2O3. The third kappa shape index (κ3) is 4.96. The number of hydrogen-bond acceptors (Lipinski definition) is 3. The van der Waals surface area contributed by atoms with Crippen molar-refractivity contribution < 1.29 is 19.0 Å². The molecule has 0 heterocycles. The van der Waals surface area contributed by atoms with E-state index in [9.17, 15) is 9.18 Å². The number of aliphatic hydroxyl groups excluding tert-OH is 1. The van der Waals surface area contributed by atoms with Crippen LogP contribution in [0.1, 0.15) is 13.3 Å². The third-order valence-corrected chi connectivity index (χ3v) is 3.12. The molecule has 0 saturated carbocycles.